The van der Waals surface area contributed by atoms with E-state index < -0.39 is 5.82 Å². The maximum atomic E-state index is 14.2. The molecule has 1 fully saturated rings. The van der Waals surface area contributed by atoms with Crippen LogP contribution in [-0.4, -0.2) is 73.1 Å². The Kier molecular flexibility index (Phi) is 5.40. The minimum absolute atomic E-state index is 0.0171. The minimum Gasteiger partial charge on any atom is -0.337 e. The highest BCUT2D eigenvalue weighted by Crippen LogP contribution is 2.30. The van der Waals surface area contributed by atoms with Crippen molar-refractivity contribution in [2.75, 3.05) is 31.1 Å². The average molecular weight is 453 g/mol. The number of hydrogen-bond acceptors (Lipinski definition) is 7. The lowest BCUT2D eigenvalue weighted by Crippen LogP contribution is -2.52. The Labute approximate surface area is 188 Å². The van der Waals surface area contributed by atoms with Gasteiger partial charge in [0.25, 0.3) is 0 Å². The standard InChI is InChI=1S/C21H21F2N9O/c1-14-25-13-31(28-14)19-17(23)12-24-20(27-19)29-7-9-30(10-8-29)21(33)32-18(5-6-26-32)15-3-2-4-16(22)11-15/h2-4,6,11-13,18H,5,7-10H2,1H3/t18-/m0/s1. The van der Waals surface area contributed by atoms with Crippen LogP contribution in [0, 0.1) is 18.6 Å². The van der Waals surface area contributed by atoms with Crippen LogP contribution in [0.15, 0.2) is 41.9 Å². The predicted molar refractivity (Wildman–Crippen MR) is 115 cm³/mol. The van der Waals surface area contributed by atoms with Crippen LogP contribution in [0.5, 0.6) is 0 Å². The minimum atomic E-state index is -0.604. The van der Waals surface area contributed by atoms with Gasteiger partial charge in [0, 0.05) is 38.8 Å². The number of benzene rings is 1. The van der Waals surface area contributed by atoms with Gasteiger partial charge in [0.2, 0.25) is 5.95 Å². The van der Waals surface area contributed by atoms with Gasteiger partial charge in [0.1, 0.15) is 18.0 Å². The number of amides is 2. The number of aromatic nitrogens is 5. The molecule has 2 aromatic heterocycles. The number of hydrazone groups is 1. The van der Waals surface area contributed by atoms with E-state index in [9.17, 15) is 13.6 Å². The summed E-state index contributed by atoms with van der Waals surface area (Å²) in [6, 6.07) is 5.65. The number of halogens is 2. The van der Waals surface area contributed by atoms with Gasteiger partial charge in [-0.25, -0.2) is 28.6 Å². The Hall–Kier alpha value is -3.96. The van der Waals surface area contributed by atoms with Crippen LogP contribution in [0.1, 0.15) is 23.9 Å². The van der Waals surface area contributed by atoms with Crippen molar-refractivity contribution in [3.8, 4) is 5.82 Å². The first-order chi connectivity index (χ1) is 16.0. The number of aryl methyl sites for hydroxylation is 1. The smallest absolute Gasteiger partial charge is 0.337 e. The first-order valence-electron chi connectivity index (χ1n) is 10.5. The number of carbonyl (C=O) groups excluding carboxylic acids is 1. The van der Waals surface area contributed by atoms with Crippen LogP contribution in [0.2, 0.25) is 0 Å². The highest BCUT2D eigenvalue weighted by Gasteiger charge is 2.33. The molecule has 0 saturated carbocycles. The summed E-state index contributed by atoms with van der Waals surface area (Å²) in [7, 11) is 0. The number of carbonyl (C=O) groups is 1. The van der Waals surface area contributed by atoms with Gasteiger partial charge in [-0.1, -0.05) is 12.1 Å². The Morgan fingerprint density at radius 2 is 1.94 bits per heavy atom. The third-order valence-corrected chi connectivity index (χ3v) is 5.63. The van der Waals surface area contributed by atoms with Crippen molar-refractivity contribution >= 4 is 18.2 Å². The zero-order chi connectivity index (χ0) is 22.9. The lowest BCUT2D eigenvalue weighted by molar-refractivity contribution is 0.139. The Morgan fingerprint density at radius 1 is 1.12 bits per heavy atom. The summed E-state index contributed by atoms with van der Waals surface area (Å²) in [6.45, 7) is 3.47. The van der Waals surface area contributed by atoms with E-state index in [4.69, 9.17) is 0 Å². The molecule has 0 unspecified atom stereocenters. The van der Waals surface area contributed by atoms with Crippen molar-refractivity contribution in [2.24, 2.45) is 5.10 Å². The fraction of sp³-hybridized carbons (Fsp3) is 0.333. The summed E-state index contributed by atoms with van der Waals surface area (Å²) < 4.78 is 29.2. The van der Waals surface area contributed by atoms with Gasteiger partial charge in [0.05, 0.1) is 12.2 Å². The van der Waals surface area contributed by atoms with Crippen LogP contribution >= 0.6 is 0 Å². The summed E-state index contributed by atoms with van der Waals surface area (Å²) >= 11 is 0. The molecule has 12 heteroatoms. The molecule has 33 heavy (non-hydrogen) atoms. The number of piperazine rings is 1. The van der Waals surface area contributed by atoms with E-state index in [0.29, 0.717) is 49.9 Å². The van der Waals surface area contributed by atoms with Gasteiger partial charge >= 0.3 is 6.03 Å². The second kappa shape index (κ2) is 8.52. The zero-order valence-corrected chi connectivity index (χ0v) is 17.8. The third kappa shape index (κ3) is 4.11. The lowest BCUT2D eigenvalue weighted by atomic mass is 10.0. The summed E-state index contributed by atoms with van der Waals surface area (Å²) in [5.74, 6) is -0.0809. The van der Waals surface area contributed by atoms with Crippen molar-refractivity contribution in [1.82, 2.24) is 34.6 Å². The van der Waals surface area contributed by atoms with E-state index in [-0.39, 0.29) is 23.7 Å². The van der Waals surface area contributed by atoms with Crippen molar-refractivity contribution in [1.29, 1.82) is 0 Å². The molecule has 1 aromatic carbocycles. The number of hydrogen-bond donors (Lipinski definition) is 0. The molecule has 2 amide bonds. The molecule has 5 rings (SSSR count). The summed E-state index contributed by atoms with van der Waals surface area (Å²) in [5.41, 5.74) is 0.704. The van der Waals surface area contributed by atoms with Gasteiger partial charge in [-0.3, -0.25) is 0 Å². The summed E-state index contributed by atoms with van der Waals surface area (Å²) in [4.78, 5) is 29.1. The maximum Gasteiger partial charge on any atom is 0.341 e. The Morgan fingerprint density at radius 3 is 2.67 bits per heavy atom. The van der Waals surface area contributed by atoms with E-state index in [1.807, 2.05) is 4.90 Å². The third-order valence-electron chi connectivity index (χ3n) is 5.63. The Bertz CT molecular complexity index is 1210. The van der Waals surface area contributed by atoms with Crippen LogP contribution in [0.25, 0.3) is 5.82 Å². The van der Waals surface area contributed by atoms with Crippen LogP contribution in [-0.2, 0) is 0 Å². The topological polar surface area (TPSA) is 95.6 Å². The van der Waals surface area contributed by atoms with E-state index >= 15 is 0 Å². The molecule has 0 spiro atoms. The second-order valence-electron chi connectivity index (χ2n) is 7.78. The maximum absolute atomic E-state index is 14.2. The molecule has 170 valence electrons. The molecule has 3 aromatic rings. The average Bonchev–Trinajstić information content (AvgIpc) is 3.48. The van der Waals surface area contributed by atoms with Crippen molar-refractivity contribution in [3.05, 3.63) is 59.8 Å². The first-order valence-corrected chi connectivity index (χ1v) is 10.5. The molecule has 0 bridgehead atoms. The van der Waals surface area contributed by atoms with E-state index in [0.717, 1.165) is 6.20 Å². The molecule has 2 aliphatic heterocycles. The molecule has 0 aliphatic carbocycles. The molecule has 0 radical (unpaired) electrons. The van der Waals surface area contributed by atoms with E-state index in [1.165, 1.54) is 28.2 Å². The molecule has 10 nitrogen and oxygen atoms in total. The highest BCUT2D eigenvalue weighted by atomic mass is 19.1. The molecular formula is C21H21F2N9O. The Balaban J connectivity index is 1.26. The highest BCUT2D eigenvalue weighted by molar-refractivity contribution is 5.78. The zero-order valence-electron chi connectivity index (χ0n) is 17.8. The van der Waals surface area contributed by atoms with E-state index in [2.05, 4.69) is 25.2 Å². The SMILES string of the molecule is Cc1ncn(-c2nc(N3CCN(C(=O)N4N=CC[C@H]4c4cccc(F)c4)CC3)ncc2F)n1. The lowest BCUT2D eigenvalue weighted by Gasteiger charge is -2.37. The van der Waals surface area contributed by atoms with Gasteiger partial charge in [-0.15, -0.1) is 0 Å². The number of urea groups is 1. The predicted octanol–water partition coefficient (Wildman–Crippen LogP) is 2.32. The largest absolute Gasteiger partial charge is 0.341 e. The number of anilines is 1. The number of rotatable bonds is 3. The normalized spacial score (nSPS) is 18.3. The molecule has 0 N–H and O–H groups in total. The number of nitrogens with zero attached hydrogens (tertiary/aromatic N) is 9. The first kappa shape index (κ1) is 20.9. The van der Waals surface area contributed by atoms with Crippen molar-refractivity contribution in [2.45, 2.75) is 19.4 Å². The van der Waals surface area contributed by atoms with Gasteiger partial charge in [-0.2, -0.15) is 19.9 Å². The van der Waals surface area contributed by atoms with Crippen molar-refractivity contribution < 1.29 is 13.6 Å². The monoisotopic (exact) mass is 453 g/mol. The van der Waals surface area contributed by atoms with E-state index in [1.54, 1.807) is 30.2 Å². The van der Waals surface area contributed by atoms with Crippen LogP contribution in [0.4, 0.5) is 19.5 Å². The molecule has 1 atom stereocenters. The van der Waals surface area contributed by atoms with Gasteiger partial charge in [0.15, 0.2) is 11.6 Å². The van der Waals surface area contributed by atoms with Crippen molar-refractivity contribution in [3.63, 3.8) is 0 Å². The quantitative estimate of drug-likeness (QED) is 0.604. The summed E-state index contributed by atoms with van der Waals surface area (Å²) in [5, 5.41) is 9.74. The molecule has 1 saturated heterocycles. The van der Waals surface area contributed by atoms with Gasteiger partial charge in [-0.05, 0) is 24.6 Å². The van der Waals surface area contributed by atoms with Gasteiger partial charge < -0.3 is 9.80 Å². The van der Waals surface area contributed by atoms with Crippen LogP contribution in [0.3, 0.4) is 0 Å². The summed E-state index contributed by atoms with van der Waals surface area (Å²) in [6.07, 6.45) is 4.70. The molecule has 2 aliphatic rings. The fourth-order valence-corrected chi connectivity index (χ4v) is 3.94. The van der Waals surface area contributed by atoms with Crippen LogP contribution < -0.4 is 4.90 Å². The molecule has 4 heterocycles. The molecular weight excluding hydrogens is 432 g/mol. The fourth-order valence-electron chi connectivity index (χ4n) is 3.94. The second-order valence-corrected chi connectivity index (χ2v) is 7.78.